The van der Waals surface area contributed by atoms with Gasteiger partial charge in [0.1, 0.15) is 0 Å². The Labute approximate surface area is 149 Å². The van der Waals surface area contributed by atoms with E-state index in [0.717, 1.165) is 12.8 Å². The fraction of sp³-hybridized carbons (Fsp3) is 0.350. The van der Waals surface area contributed by atoms with E-state index in [4.69, 9.17) is 0 Å². The number of hydrogen-bond donors (Lipinski definition) is 1. The number of carbonyl (C=O) groups is 1. The summed E-state index contributed by atoms with van der Waals surface area (Å²) >= 11 is 0. The second-order valence-electron chi connectivity index (χ2n) is 6.95. The Morgan fingerprint density at radius 3 is 2.20 bits per heavy atom. The third kappa shape index (κ3) is 4.28. The molecule has 1 fully saturated rings. The first-order valence-electron chi connectivity index (χ1n) is 8.48. The zero-order valence-corrected chi connectivity index (χ0v) is 15.2. The fourth-order valence-corrected chi connectivity index (χ4v) is 4.17. The minimum atomic E-state index is -3.07. The SMILES string of the molecule is CS(=O)(=O)Cc1ccc(C(=O)NCC2(c3ccccc3)CCC2)cc1. The first-order chi connectivity index (χ1) is 11.9. The molecular formula is C20H23NO3S. The number of nitrogens with one attached hydrogen (secondary N) is 1. The van der Waals surface area contributed by atoms with Gasteiger partial charge < -0.3 is 5.32 Å². The van der Waals surface area contributed by atoms with Gasteiger partial charge in [-0.05, 0) is 36.1 Å². The summed E-state index contributed by atoms with van der Waals surface area (Å²) in [6.45, 7) is 0.626. The van der Waals surface area contributed by atoms with Gasteiger partial charge in [-0.15, -0.1) is 0 Å². The van der Waals surface area contributed by atoms with Crippen molar-refractivity contribution in [1.29, 1.82) is 0 Å². The van der Waals surface area contributed by atoms with E-state index in [1.807, 2.05) is 18.2 Å². The lowest BCUT2D eigenvalue weighted by Crippen LogP contribution is -2.45. The van der Waals surface area contributed by atoms with Crippen LogP contribution in [0.15, 0.2) is 54.6 Å². The summed E-state index contributed by atoms with van der Waals surface area (Å²) in [5.41, 5.74) is 2.58. The van der Waals surface area contributed by atoms with Gasteiger partial charge >= 0.3 is 0 Å². The van der Waals surface area contributed by atoms with E-state index < -0.39 is 9.84 Å². The molecule has 1 aliphatic rings. The Kier molecular flexibility index (Phi) is 4.95. The maximum absolute atomic E-state index is 12.4. The van der Waals surface area contributed by atoms with Gasteiger partial charge in [-0.1, -0.05) is 48.9 Å². The van der Waals surface area contributed by atoms with Crippen molar-refractivity contribution in [2.75, 3.05) is 12.8 Å². The van der Waals surface area contributed by atoms with Crippen LogP contribution < -0.4 is 5.32 Å². The summed E-state index contributed by atoms with van der Waals surface area (Å²) < 4.78 is 22.7. The van der Waals surface area contributed by atoms with Crippen molar-refractivity contribution in [2.45, 2.75) is 30.4 Å². The van der Waals surface area contributed by atoms with Crippen LogP contribution in [0.4, 0.5) is 0 Å². The maximum Gasteiger partial charge on any atom is 0.251 e. The molecule has 1 aliphatic carbocycles. The summed E-state index contributed by atoms with van der Waals surface area (Å²) in [6.07, 6.45) is 4.56. The molecule has 0 heterocycles. The van der Waals surface area contributed by atoms with Crippen LogP contribution in [0.5, 0.6) is 0 Å². The van der Waals surface area contributed by atoms with Gasteiger partial charge in [-0.3, -0.25) is 4.79 Å². The molecule has 1 N–H and O–H groups in total. The van der Waals surface area contributed by atoms with Crippen LogP contribution in [0.1, 0.15) is 40.7 Å². The number of amides is 1. The van der Waals surface area contributed by atoms with Gasteiger partial charge in [0.15, 0.2) is 9.84 Å². The highest BCUT2D eigenvalue weighted by molar-refractivity contribution is 7.89. The summed E-state index contributed by atoms with van der Waals surface area (Å²) in [5, 5.41) is 3.05. The van der Waals surface area contributed by atoms with Crippen LogP contribution in [-0.4, -0.2) is 27.1 Å². The summed E-state index contributed by atoms with van der Waals surface area (Å²) in [6, 6.07) is 17.1. The molecule has 0 aliphatic heterocycles. The van der Waals surface area contributed by atoms with Crippen LogP contribution in [0.3, 0.4) is 0 Å². The molecular weight excluding hydrogens is 334 g/mol. The molecule has 0 radical (unpaired) electrons. The van der Waals surface area contributed by atoms with Crippen LogP contribution >= 0.6 is 0 Å². The van der Waals surface area contributed by atoms with Gasteiger partial charge in [-0.25, -0.2) is 8.42 Å². The summed E-state index contributed by atoms with van der Waals surface area (Å²) in [4.78, 5) is 12.4. The minimum absolute atomic E-state index is 0.00792. The average Bonchev–Trinajstić information content (AvgIpc) is 2.54. The van der Waals surface area contributed by atoms with Crippen molar-refractivity contribution in [3.8, 4) is 0 Å². The summed E-state index contributed by atoms with van der Waals surface area (Å²) in [5.74, 6) is -0.125. The zero-order valence-electron chi connectivity index (χ0n) is 14.4. The Bertz CT molecular complexity index is 838. The predicted molar refractivity (Wildman–Crippen MR) is 99.3 cm³/mol. The number of sulfone groups is 1. The molecule has 1 saturated carbocycles. The number of benzene rings is 2. The van der Waals surface area contributed by atoms with Crippen LogP contribution in [-0.2, 0) is 21.0 Å². The molecule has 2 aromatic carbocycles. The lowest BCUT2D eigenvalue weighted by molar-refractivity contribution is 0.0928. The molecule has 2 aromatic rings. The lowest BCUT2D eigenvalue weighted by atomic mass is 9.64. The predicted octanol–water partition coefficient (Wildman–Crippen LogP) is 3.08. The van der Waals surface area contributed by atoms with E-state index in [2.05, 4.69) is 17.4 Å². The Balaban J connectivity index is 1.64. The Morgan fingerprint density at radius 1 is 1.04 bits per heavy atom. The molecule has 1 amide bonds. The fourth-order valence-electron chi connectivity index (χ4n) is 3.37. The van der Waals surface area contributed by atoms with E-state index in [0.29, 0.717) is 17.7 Å². The Morgan fingerprint density at radius 2 is 1.68 bits per heavy atom. The molecule has 0 spiro atoms. The molecule has 132 valence electrons. The standard InChI is InChI=1S/C20H23NO3S/c1-25(23,24)14-16-8-10-17(11-9-16)19(22)21-15-20(12-5-13-20)18-6-3-2-4-7-18/h2-4,6-11H,5,12-15H2,1H3,(H,21,22). The van der Waals surface area contributed by atoms with Gasteiger partial charge in [0.05, 0.1) is 5.75 Å². The zero-order chi connectivity index (χ0) is 17.9. The van der Waals surface area contributed by atoms with Gasteiger partial charge in [0.25, 0.3) is 5.91 Å². The molecule has 3 rings (SSSR count). The van der Waals surface area contributed by atoms with E-state index in [1.165, 1.54) is 18.2 Å². The van der Waals surface area contributed by atoms with Crippen LogP contribution in [0.2, 0.25) is 0 Å². The van der Waals surface area contributed by atoms with Gasteiger partial charge in [0, 0.05) is 23.8 Å². The number of carbonyl (C=O) groups excluding carboxylic acids is 1. The first kappa shape index (κ1) is 17.7. The smallest absolute Gasteiger partial charge is 0.251 e. The maximum atomic E-state index is 12.4. The van der Waals surface area contributed by atoms with Crippen molar-refractivity contribution in [3.05, 3.63) is 71.3 Å². The van der Waals surface area contributed by atoms with Crippen molar-refractivity contribution >= 4 is 15.7 Å². The molecule has 4 nitrogen and oxygen atoms in total. The van der Waals surface area contributed by atoms with Crippen molar-refractivity contribution in [1.82, 2.24) is 5.32 Å². The molecule has 0 bridgehead atoms. The van der Waals surface area contributed by atoms with E-state index in [-0.39, 0.29) is 17.1 Å². The molecule has 5 heteroatoms. The topological polar surface area (TPSA) is 63.2 Å². The molecule has 0 unspecified atom stereocenters. The van der Waals surface area contributed by atoms with Crippen molar-refractivity contribution in [2.24, 2.45) is 0 Å². The second-order valence-corrected chi connectivity index (χ2v) is 9.09. The highest BCUT2D eigenvalue weighted by Crippen LogP contribution is 2.43. The molecule has 25 heavy (non-hydrogen) atoms. The van der Waals surface area contributed by atoms with Crippen molar-refractivity contribution < 1.29 is 13.2 Å². The second kappa shape index (κ2) is 7.00. The van der Waals surface area contributed by atoms with Crippen molar-refractivity contribution in [3.63, 3.8) is 0 Å². The first-order valence-corrected chi connectivity index (χ1v) is 10.5. The summed E-state index contributed by atoms with van der Waals surface area (Å²) in [7, 11) is -3.07. The average molecular weight is 357 g/mol. The monoisotopic (exact) mass is 357 g/mol. The Hall–Kier alpha value is -2.14. The van der Waals surface area contributed by atoms with E-state index in [1.54, 1.807) is 24.3 Å². The van der Waals surface area contributed by atoms with E-state index >= 15 is 0 Å². The lowest BCUT2D eigenvalue weighted by Gasteiger charge is -2.42. The highest BCUT2D eigenvalue weighted by Gasteiger charge is 2.38. The third-order valence-electron chi connectivity index (χ3n) is 4.93. The van der Waals surface area contributed by atoms with Crippen LogP contribution in [0.25, 0.3) is 0 Å². The largest absolute Gasteiger partial charge is 0.351 e. The minimum Gasteiger partial charge on any atom is -0.351 e. The molecule has 0 atom stereocenters. The molecule has 0 aromatic heterocycles. The quantitative estimate of drug-likeness (QED) is 0.864. The third-order valence-corrected chi connectivity index (χ3v) is 5.79. The van der Waals surface area contributed by atoms with E-state index in [9.17, 15) is 13.2 Å². The van der Waals surface area contributed by atoms with Gasteiger partial charge in [-0.2, -0.15) is 0 Å². The van der Waals surface area contributed by atoms with Crippen LogP contribution in [0, 0.1) is 0 Å². The number of hydrogen-bond acceptors (Lipinski definition) is 3. The highest BCUT2D eigenvalue weighted by atomic mass is 32.2. The normalized spacial score (nSPS) is 16.0. The van der Waals surface area contributed by atoms with Gasteiger partial charge in [0.2, 0.25) is 0 Å². The number of rotatable bonds is 6. The molecule has 0 saturated heterocycles.